The Hall–Kier alpha value is -1.66. The summed E-state index contributed by atoms with van der Waals surface area (Å²) >= 11 is 0. The van der Waals surface area contributed by atoms with E-state index in [1.165, 1.54) is 340 Å². The number of aliphatic hydroxyl groups is 2. The van der Waals surface area contributed by atoms with E-state index in [9.17, 15) is 19.8 Å². The van der Waals surface area contributed by atoms with Crippen molar-refractivity contribution in [1.82, 2.24) is 5.32 Å². The van der Waals surface area contributed by atoms with Crippen LogP contribution in [-0.2, 0) is 14.3 Å². The fourth-order valence-corrected chi connectivity index (χ4v) is 11.9. The van der Waals surface area contributed by atoms with Gasteiger partial charge in [0.05, 0.1) is 25.4 Å². The van der Waals surface area contributed by atoms with Crippen molar-refractivity contribution >= 4 is 11.9 Å². The van der Waals surface area contributed by atoms with Crippen LogP contribution < -0.4 is 5.32 Å². The summed E-state index contributed by atoms with van der Waals surface area (Å²) < 4.78 is 5.47. The van der Waals surface area contributed by atoms with E-state index in [1.807, 2.05) is 0 Å². The number of hydrogen-bond acceptors (Lipinski definition) is 5. The molecule has 0 saturated heterocycles. The third-order valence-electron chi connectivity index (χ3n) is 17.5. The third kappa shape index (κ3) is 67.3. The monoisotopic (exact) mass is 1140 g/mol. The van der Waals surface area contributed by atoms with Crippen molar-refractivity contribution in [2.75, 3.05) is 13.2 Å². The maximum absolute atomic E-state index is 12.6. The van der Waals surface area contributed by atoms with Crippen molar-refractivity contribution in [2.45, 2.75) is 431 Å². The van der Waals surface area contributed by atoms with E-state index in [2.05, 4.69) is 43.5 Å². The van der Waals surface area contributed by atoms with E-state index in [4.69, 9.17) is 4.74 Å². The lowest BCUT2D eigenvalue weighted by molar-refractivity contribution is -0.143. The molecule has 0 radical (unpaired) electrons. The molecule has 0 aromatic carbocycles. The summed E-state index contributed by atoms with van der Waals surface area (Å²) in [6.45, 7) is 4.99. The van der Waals surface area contributed by atoms with Crippen LogP contribution >= 0.6 is 0 Å². The number of esters is 1. The Bertz CT molecular complexity index is 1270. The van der Waals surface area contributed by atoms with Crippen LogP contribution in [0.15, 0.2) is 24.3 Å². The SMILES string of the molecule is CCCCCCCCCCCCCCCCCCCCCCCCC(O)C(CO)NC(=O)CCCCCCCCCCCCCCCCC/C=C\C/C=C\CCCCCCCCCCCOC(=O)CCCCCCCCCCCCC. The number of allylic oxidation sites excluding steroid dienone is 4. The summed E-state index contributed by atoms with van der Waals surface area (Å²) in [6, 6.07) is -0.542. The smallest absolute Gasteiger partial charge is 0.305 e. The Balaban J connectivity index is 3.39. The van der Waals surface area contributed by atoms with Gasteiger partial charge in [-0.25, -0.2) is 0 Å². The highest BCUT2D eigenvalue weighted by molar-refractivity contribution is 5.76. The zero-order chi connectivity index (χ0) is 58.5. The highest BCUT2D eigenvalue weighted by Crippen LogP contribution is 2.19. The molecule has 0 heterocycles. The summed E-state index contributed by atoms with van der Waals surface area (Å²) in [6.07, 6.45) is 89.6. The summed E-state index contributed by atoms with van der Waals surface area (Å²) in [7, 11) is 0. The fraction of sp³-hybridized carbons (Fsp3) is 0.920. The highest BCUT2D eigenvalue weighted by Gasteiger charge is 2.20. The van der Waals surface area contributed by atoms with E-state index < -0.39 is 12.1 Å². The molecule has 6 heteroatoms. The van der Waals surface area contributed by atoms with Crippen molar-refractivity contribution in [3.8, 4) is 0 Å². The minimum Gasteiger partial charge on any atom is -0.466 e. The van der Waals surface area contributed by atoms with Gasteiger partial charge < -0.3 is 20.3 Å². The molecule has 0 bridgehead atoms. The molecular weight excluding hydrogens is 995 g/mol. The molecule has 0 aliphatic carbocycles. The van der Waals surface area contributed by atoms with Gasteiger partial charge in [0, 0.05) is 12.8 Å². The lowest BCUT2D eigenvalue weighted by atomic mass is 10.0. The molecule has 0 aromatic rings. The average Bonchev–Trinajstić information content (AvgIpc) is 3.47. The topological polar surface area (TPSA) is 95.9 Å². The van der Waals surface area contributed by atoms with Gasteiger partial charge in [0.15, 0.2) is 0 Å². The number of carbonyl (C=O) groups excluding carboxylic acids is 2. The van der Waals surface area contributed by atoms with Crippen LogP contribution in [0.25, 0.3) is 0 Å². The molecule has 0 fully saturated rings. The first-order valence-electron chi connectivity index (χ1n) is 37.1. The van der Waals surface area contributed by atoms with Crippen LogP contribution in [0.4, 0.5) is 0 Å². The molecule has 0 spiro atoms. The molecule has 2 atom stereocenters. The lowest BCUT2D eigenvalue weighted by Gasteiger charge is -2.22. The van der Waals surface area contributed by atoms with Crippen LogP contribution in [0, 0.1) is 0 Å². The van der Waals surface area contributed by atoms with Gasteiger partial charge in [-0.05, 0) is 57.8 Å². The Morgan fingerprint density at radius 2 is 0.617 bits per heavy atom. The quantitative estimate of drug-likeness (QED) is 0.0320. The van der Waals surface area contributed by atoms with Gasteiger partial charge in [0.2, 0.25) is 5.91 Å². The number of ether oxygens (including phenoxy) is 1. The first kappa shape index (κ1) is 79.3. The second-order valence-electron chi connectivity index (χ2n) is 25.6. The Morgan fingerprint density at radius 1 is 0.346 bits per heavy atom. The minimum absolute atomic E-state index is 0.0136. The van der Waals surface area contributed by atoms with Gasteiger partial charge in [0.1, 0.15) is 0 Å². The van der Waals surface area contributed by atoms with E-state index in [-0.39, 0.29) is 18.5 Å². The molecule has 0 aliphatic heterocycles. The largest absolute Gasteiger partial charge is 0.466 e. The number of carbonyl (C=O) groups is 2. The number of rotatable bonds is 70. The molecule has 0 aliphatic rings. The van der Waals surface area contributed by atoms with Crippen LogP contribution in [0.2, 0.25) is 0 Å². The van der Waals surface area contributed by atoms with Crippen molar-refractivity contribution in [1.29, 1.82) is 0 Å². The Kier molecular flexibility index (Phi) is 69.4. The van der Waals surface area contributed by atoms with Crippen molar-refractivity contribution in [2.24, 2.45) is 0 Å². The minimum atomic E-state index is -0.665. The van der Waals surface area contributed by atoms with E-state index in [0.29, 0.717) is 25.9 Å². The van der Waals surface area contributed by atoms with E-state index in [1.54, 1.807) is 0 Å². The lowest BCUT2D eigenvalue weighted by Crippen LogP contribution is -2.45. The maximum atomic E-state index is 12.6. The molecule has 1 amide bonds. The maximum Gasteiger partial charge on any atom is 0.305 e. The van der Waals surface area contributed by atoms with Gasteiger partial charge in [-0.3, -0.25) is 9.59 Å². The molecular formula is C75H145NO5. The standard InChI is InChI=1S/C75H145NO5/c1-3-5-7-9-11-13-15-16-17-18-19-20-32-35-38-41-44-48-51-55-59-63-67-73(78)72(71-77)76-74(79)68-64-60-56-52-49-45-42-39-36-33-30-28-26-24-22-21-23-25-27-29-31-34-37-40-43-46-50-54-58-62-66-70-81-75(80)69-65-61-57-53-47-14-12-10-8-6-4-2/h23,25,29,31,72-73,77-78H,3-22,24,26-28,30,32-71H2,1-2H3,(H,76,79)/b25-23-,31-29-. The zero-order valence-electron chi connectivity index (χ0n) is 55.0. The molecule has 0 rings (SSSR count). The summed E-state index contributed by atoms with van der Waals surface area (Å²) in [5.74, 6) is -0.0157. The van der Waals surface area contributed by atoms with Crippen LogP contribution in [-0.4, -0.2) is 47.4 Å². The molecule has 2 unspecified atom stereocenters. The first-order valence-corrected chi connectivity index (χ1v) is 37.1. The van der Waals surface area contributed by atoms with Gasteiger partial charge in [-0.2, -0.15) is 0 Å². The van der Waals surface area contributed by atoms with Gasteiger partial charge in [-0.1, -0.05) is 372 Å². The number of amides is 1. The van der Waals surface area contributed by atoms with Gasteiger partial charge >= 0.3 is 5.97 Å². The van der Waals surface area contributed by atoms with Crippen molar-refractivity contribution in [3.63, 3.8) is 0 Å². The molecule has 0 saturated carbocycles. The van der Waals surface area contributed by atoms with Gasteiger partial charge in [-0.15, -0.1) is 0 Å². The molecule has 0 aromatic heterocycles. The third-order valence-corrected chi connectivity index (χ3v) is 17.5. The number of aliphatic hydroxyl groups excluding tert-OH is 2. The summed E-state index contributed by atoms with van der Waals surface area (Å²) in [5, 5.41) is 23.4. The predicted molar refractivity (Wildman–Crippen MR) is 356 cm³/mol. The number of hydrogen-bond donors (Lipinski definition) is 3. The second-order valence-corrected chi connectivity index (χ2v) is 25.6. The Labute approximate surface area is 507 Å². The van der Waals surface area contributed by atoms with E-state index >= 15 is 0 Å². The van der Waals surface area contributed by atoms with Crippen LogP contribution in [0.1, 0.15) is 418 Å². The molecule has 81 heavy (non-hydrogen) atoms. The summed E-state index contributed by atoms with van der Waals surface area (Å²) in [4.78, 5) is 24.6. The molecule has 6 nitrogen and oxygen atoms in total. The van der Waals surface area contributed by atoms with E-state index in [0.717, 1.165) is 44.9 Å². The Morgan fingerprint density at radius 3 is 0.938 bits per heavy atom. The predicted octanol–water partition coefficient (Wildman–Crippen LogP) is 24.1. The number of unbranched alkanes of at least 4 members (excludes halogenated alkanes) is 55. The summed E-state index contributed by atoms with van der Waals surface area (Å²) in [5.41, 5.74) is 0. The van der Waals surface area contributed by atoms with Gasteiger partial charge in [0.25, 0.3) is 0 Å². The zero-order valence-corrected chi connectivity index (χ0v) is 55.0. The van der Waals surface area contributed by atoms with Crippen LogP contribution in [0.5, 0.6) is 0 Å². The first-order chi connectivity index (χ1) is 40.0. The van der Waals surface area contributed by atoms with Crippen LogP contribution in [0.3, 0.4) is 0 Å². The average molecular weight is 1140 g/mol. The van der Waals surface area contributed by atoms with Crippen molar-refractivity contribution in [3.05, 3.63) is 24.3 Å². The molecule has 3 N–H and O–H groups in total. The number of nitrogens with one attached hydrogen (secondary N) is 1. The fourth-order valence-electron chi connectivity index (χ4n) is 11.9. The second kappa shape index (κ2) is 70.8. The van der Waals surface area contributed by atoms with Crippen molar-refractivity contribution < 1.29 is 24.5 Å². The normalized spacial score (nSPS) is 12.6. The molecule has 480 valence electrons. The highest BCUT2D eigenvalue weighted by atomic mass is 16.5.